The van der Waals surface area contributed by atoms with E-state index in [1.807, 2.05) is 6.92 Å². The molecule has 1 saturated heterocycles. The largest absolute Gasteiger partial charge is 0.300 e. The van der Waals surface area contributed by atoms with Crippen LogP contribution < -0.4 is 0 Å². The molecule has 0 N–H and O–H groups in total. The lowest BCUT2D eigenvalue weighted by Crippen LogP contribution is -2.06. The molecule has 0 amide bonds. The van der Waals surface area contributed by atoms with Crippen molar-refractivity contribution in [1.29, 1.82) is 0 Å². The highest BCUT2D eigenvalue weighted by molar-refractivity contribution is 8.01. The van der Waals surface area contributed by atoms with Crippen molar-refractivity contribution >= 4 is 17.8 Å². The summed E-state index contributed by atoms with van der Waals surface area (Å²) in [4.78, 5) is 10.2. The Morgan fingerprint density at radius 1 is 1.88 bits per heavy atom. The minimum atomic E-state index is -0.161. The number of rotatable bonds is 2. The molecule has 0 aromatic carbocycles. The Morgan fingerprint density at radius 3 is 2.50 bits per heavy atom. The molecule has 1 heterocycles. The fourth-order valence-corrected chi connectivity index (χ4v) is 1.05. The molecule has 46 valence electrons. The monoisotopic (exact) mass is 132 g/mol. The Labute approximate surface area is 52.8 Å². The smallest absolute Gasteiger partial charge is 0.157 e. The highest BCUT2D eigenvalue weighted by Gasteiger charge is 2.42. The van der Waals surface area contributed by atoms with Crippen LogP contribution in [-0.2, 0) is 8.98 Å². The summed E-state index contributed by atoms with van der Waals surface area (Å²) in [6.45, 7) is 3.49. The first-order chi connectivity index (χ1) is 3.62. The molecule has 2 nitrogen and oxygen atoms in total. The summed E-state index contributed by atoms with van der Waals surface area (Å²) >= 11 is 1.38. The summed E-state index contributed by atoms with van der Waals surface area (Å²) in [5.74, 6) is 0.192. The summed E-state index contributed by atoms with van der Waals surface area (Å²) in [7, 11) is 0. The normalized spacial score (nSPS) is 34.8. The molecule has 1 aliphatic heterocycles. The van der Waals surface area contributed by atoms with E-state index in [4.69, 9.17) is 4.18 Å². The van der Waals surface area contributed by atoms with Gasteiger partial charge < -0.3 is 0 Å². The van der Waals surface area contributed by atoms with Crippen LogP contribution in [0.5, 0.6) is 0 Å². The van der Waals surface area contributed by atoms with Crippen molar-refractivity contribution in [1.82, 2.24) is 0 Å². The van der Waals surface area contributed by atoms with E-state index >= 15 is 0 Å². The van der Waals surface area contributed by atoms with E-state index in [1.54, 1.807) is 6.92 Å². The minimum absolute atomic E-state index is 0.161. The minimum Gasteiger partial charge on any atom is -0.300 e. The highest BCUT2D eigenvalue weighted by atomic mass is 32.2. The Balaban J connectivity index is 2.29. The van der Waals surface area contributed by atoms with Gasteiger partial charge in [0.25, 0.3) is 0 Å². The summed E-state index contributed by atoms with van der Waals surface area (Å²) < 4.78 is 4.90. The third-order valence-corrected chi connectivity index (χ3v) is 1.82. The van der Waals surface area contributed by atoms with E-state index in [0.717, 1.165) is 0 Å². The van der Waals surface area contributed by atoms with Crippen molar-refractivity contribution in [2.45, 2.75) is 25.2 Å². The molecule has 0 aliphatic carbocycles. The molecule has 1 unspecified atom stereocenters. The number of Topliss-reactive ketones (excluding diaryl/α,β-unsaturated/α-hetero) is 1. The van der Waals surface area contributed by atoms with Crippen LogP contribution in [0.15, 0.2) is 0 Å². The van der Waals surface area contributed by atoms with Crippen molar-refractivity contribution in [3.63, 3.8) is 0 Å². The fourth-order valence-electron chi connectivity index (χ4n) is 0.582. The molecule has 0 aromatic rings. The zero-order valence-electron chi connectivity index (χ0n) is 4.93. The lowest BCUT2D eigenvalue weighted by atomic mass is 10.2. The van der Waals surface area contributed by atoms with Crippen LogP contribution in [0.25, 0.3) is 0 Å². The van der Waals surface area contributed by atoms with Crippen LogP contribution >= 0.6 is 12.0 Å². The van der Waals surface area contributed by atoms with Crippen molar-refractivity contribution in [2.75, 3.05) is 0 Å². The lowest BCUT2D eigenvalue weighted by molar-refractivity contribution is -0.117. The molecular formula is C5H8O2S. The maximum atomic E-state index is 10.4. The highest BCUT2D eigenvalue weighted by Crippen LogP contribution is 2.49. The molecular weight excluding hydrogens is 124 g/mol. The van der Waals surface area contributed by atoms with Gasteiger partial charge in [-0.2, -0.15) is 0 Å². The molecule has 1 atom stereocenters. The number of hydrogen-bond acceptors (Lipinski definition) is 3. The van der Waals surface area contributed by atoms with Crippen LogP contribution in [0.2, 0.25) is 0 Å². The lowest BCUT2D eigenvalue weighted by Gasteiger charge is -1.93. The second kappa shape index (κ2) is 1.74. The average molecular weight is 132 g/mol. The predicted molar refractivity (Wildman–Crippen MR) is 32.4 cm³/mol. The maximum Gasteiger partial charge on any atom is 0.157 e. The van der Waals surface area contributed by atoms with Crippen LogP contribution in [0.1, 0.15) is 20.3 Å². The van der Waals surface area contributed by atoms with Gasteiger partial charge in [0.1, 0.15) is 5.78 Å². The molecule has 1 aliphatic rings. The zero-order chi connectivity index (χ0) is 6.20. The number of ketones is 1. The molecule has 3 heteroatoms. The Morgan fingerprint density at radius 2 is 2.38 bits per heavy atom. The maximum absolute atomic E-state index is 10.4. The van der Waals surface area contributed by atoms with Crippen molar-refractivity contribution in [2.24, 2.45) is 0 Å². The first kappa shape index (κ1) is 6.11. The molecule has 0 bridgehead atoms. The van der Waals surface area contributed by atoms with E-state index in [0.29, 0.717) is 6.42 Å². The first-order valence-electron chi connectivity index (χ1n) is 2.49. The number of carbonyl (C=O) groups is 1. The molecule has 1 rings (SSSR count). The number of carbonyl (C=O) groups excluding carboxylic acids is 1. The van der Waals surface area contributed by atoms with Crippen LogP contribution in [0.3, 0.4) is 0 Å². The Bertz CT molecular complexity index is 118. The van der Waals surface area contributed by atoms with Crippen molar-refractivity contribution < 1.29 is 8.98 Å². The molecule has 0 aromatic heterocycles. The van der Waals surface area contributed by atoms with Crippen LogP contribution in [-0.4, -0.2) is 10.7 Å². The van der Waals surface area contributed by atoms with Crippen molar-refractivity contribution in [3.8, 4) is 0 Å². The van der Waals surface area contributed by atoms with Gasteiger partial charge in [0.2, 0.25) is 0 Å². The predicted octanol–water partition coefficient (Wildman–Crippen LogP) is 1.36. The van der Waals surface area contributed by atoms with Gasteiger partial charge in [-0.25, -0.2) is 0 Å². The summed E-state index contributed by atoms with van der Waals surface area (Å²) in [5.41, 5.74) is 0. The van der Waals surface area contributed by atoms with Gasteiger partial charge in [-0.1, -0.05) is 0 Å². The third-order valence-electron chi connectivity index (χ3n) is 0.938. The van der Waals surface area contributed by atoms with Gasteiger partial charge in [-0.05, 0) is 13.8 Å². The second-order valence-corrected chi connectivity index (χ2v) is 3.38. The Kier molecular flexibility index (Phi) is 1.33. The van der Waals surface area contributed by atoms with E-state index in [-0.39, 0.29) is 10.7 Å². The van der Waals surface area contributed by atoms with E-state index < -0.39 is 0 Å². The first-order valence-corrected chi connectivity index (χ1v) is 3.23. The molecule has 0 saturated carbocycles. The average Bonchev–Trinajstić information content (AvgIpc) is 2.17. The van der Waals surface area contributed by atoms with Gasteiger partial charge in [-0.3, -0.25) is 8.98 Å². The summed E-state index contributed by atoms with van der Waals surface area (Å²) in [6.07, 6.45) is 0.539. The van der Waals surface area contributed by atoms with Crippen molar-refractivity contribution in [3.05, 3.63) is 0 Å². The number of hydrogen-bond donors (Lipinski definition) is 0. The standard InChI is InChI=1S/C5H8O2S/c1-4(6)3-5(2)7-8-5/h3H2,1-2H3. The van der Waals surface area contributed by atoms with Gasteiger partial charge in [0, 0.05) is 18.5 Å². The van der Waals surface area contributed by atoms with Gasteiger partial charge >= 0.3 is 0 Å². The van der Waals surface area contributed by atoms with Gasteiger partial charge in [0.05, 0.1) is 0 Å². The van der Waals surface area contributed by atoms with E-state index in [2.05, 4.69) is 0 Å². The fraction of sp³-hybridized carbons (Fsp3) is 0.800. The SMILES string of the molecule is CC(=O)CC1(C)OS1. The second-order valence-electron chi connectivity index (χ2n) is 2.18. The van der Waals surface area contributed by atoms with E-state index in [9.17, 15) is 4.79 Å². The molecule has 8 heavy (non-hydrogen) atoms. The summed E-state index contributed by atoms with van der Waals surface area (Å²) in [5, 5.41) is 0. The third kappa shape index (κ3) is 1.49. The summed E-state index contributed by atoms with van der Waals surface area (Å²) in [6, 6.07) is 0. The quantitative estimate of drug-likeness (QED) is 0.419. The van der Waals surface area contributed by atoms with Gasteiger partial charge in [-0.15, -0.1) is 0 Å². The van der Waals surface area contributed by atoms with E-state index in [1.165, 1.54) is 12.0 Å². The van der Waals surface area contributed by atoms with Gasteiger partial charge in [0.15, 0.2) is 4.93 Å². The molecule has 1 fully saturated rings. The Hall–Kier alpha value is -0.0200. The molecule has 0 radical (unpaired) electrons. The zero-order valence-corrected chi connectivity index (χ0v) is 5.75. The van der Waals surface area contributed by atoms with Crippen LogP contribution in [0.4, 0.5) is 0 Å². The molecule has 0 spiro atoms. The topological polar surface area (TPSA) is 29.6 Å². The van der Waals surface area contributed by atoms with Crippen LogP contribution in [0, 0.1) is 0 Å².